The number of aliphatic carboxylic acids is 1. The minimum atomic E-state index is -5.08. The summed E-state index contributed by atoms with van der Waals surface area (Å²) in [5.41, 5.74) is 8.17. The number of imidazole rings is 1. The summed E-state index contributed by atoms with van der Waals surface area (Å²) in [7, 11) is 0. The van der Waals surface area contributed by atoms with Gasteiger partial charge >= 0.3 is 12.1 Å². The Labute approximate surface area is 217 Å². The van der Waals surface area contributed by atoms with E-state index in [1.807, 2.05) is 30.6 Å². The monoisotopic (exact) mass is 518 g/mol. The van der Waals surface area contributed by atoms with E-state index >= 15 is 0 Å². The number of hydrogen-bond donors (Lipinski definition) is 3. The van der Waals surface area contributed by atoms with E-state index in [9.17, 15) is 13.2 Å². The molecular weight excluding hydrogens is 493 g/mol. The molecule has 0 saturated carbocycles. The Morgan fingerprint density at radius 1 is 0.842 bits per heavy atom. The normalized spacial score (nSPS) is 11.1. The van der Waals surface area contributed by atoms with Gasteiger partial charge < -0.3 is 15.4 Å². The zero-order valence-electron chi connectivity index (χ0n) is 20.2. The molecule has 9 heteroatoms. The number of hydrogen-bond acceptors (Lipinski definition) is 4. The van der Waals surface area contributed by atoms with Crippen molar-refractivity contribution in [3.63, 3.8) is 0 Å². The number of benzene rings is 3. The second-order valence-electron chi connectivity index (χ2n) is 8.47. The molecule has 0 unspecified atom stereocenters. The zero-order chi connectivity index (χ0) is 27.0. The number of H-pyrrole nitrogens is 1. The number of alkyl halides is 3. The standard InChI is InChI=1S/C27H24N4.C2HF3O2/c1-2-7-26-25(6-1)30-27(31-26)23-10-8-22(9-11-23)24-5-3-4-21(18-24)19-29-17-14-20-12-15-28-16-13-20;3-2(4,5)1(6)7/h1-13,15-16,18,29H,14,17,19H2,(H,30,31);(H,6,7). The molecule has 3 N–H and O–H groups in total. The molecule has 38 heavy (non-hydrogen) atoms. The molecule has 0 aliphatic rings. The molecule has 0 aliphatic heterocycles. The smallest absolute Gasteiger partial charge is 0.475 e. The molecule has 2 aromatic heterocycles. The summed E-state index contributed by atoms with van der Waals surface area (Å²) in [6, 6.07) is 29.6. The van der Waals surface area contributed by atoms with Gasteiger partial charge in [0.25, 0.3) is 0 Å². The van der Waals surface area contributed by atoms with Gasteiger partial charge in [-0.25, -0.2) is 9.78 Å². The van der Waals surface area contributed by atoms with Crippen LogP contribution in [0.5, 0.6) is 0 Å². The second kappa shape index (κ2) is 12.2. The third kappa shape index (κ3) is 7.27. The molecule has 6 nitrogen and oxygen atoms in total. The number of para-hydroxylation sites is 2. The van der Waals surface area contributed by atoms with Gasteiger partial charge in [-0.3, -0.25) is 4.98 Å². The molecule has 194 valence electrons. The number of nitrogens with zero attached hydrogens (tertiary/aromatic N) is 2. The van der Waals surface area contributed by atoms with Crippen molar-refractivity contribution in [3.05, 3.63) is 108 Å². The summed E-state index contributed by atoms with van der Waals surface area (Å²) in [5.74, 6) is -1.85. The van der Waals surface area contributed by atoms with Crippen LogP contribution in [0.15, 0.2) is 97.3 Å². The first-order valence-corrected chi connectivity index (χ1v) is 11.8. The summed E-state index contributed by atoms with van der Waals surface area (Å²) < 4.78 is 31.7. The van der Waals surface area contributed by atoms with E-state index in [4.69, 9.17) is 14.9 Å². The van der Waals surface area contributed by atoms with Crippen LogP contribution in [0.4, 0.5) is 13.2 Å². The molecule has 3 aromatic carbocycles. The Morgan fingerprint density at radius 2 is 1.53 bits per heavy atom. The van der Waals surface area contributed by atoms with E-state index in [0.29, 0.717) is 0 Å². The third-order valence-corrected chi connectivity index (χ3v) is 5.72. The highest BCUT2D eigenvalue weighted by atomic mass is 19.4. The zero-order valence-corrected chi connectivity index (χ0v) is 20.2. The van der Waals surface area contributed by atoms with Gasteiger partial charge in [-0.1, -0.05) is 54.6 Å². The highest BCUT2D eigenvalue weighted by Gasteiger charge is 2.38. The van der Waals surface area contributed by atoms with E-state index in [2.05, 4.69) is 82.0 Å². The molecule has 0 bridgehead atoms. The lowest BCUT2D eigenvalue weighted by atomic mass is 10.0. The fraction of sp³-hybridized carbons (Fsp3) is 0.138. The first kappa shape index (κ1) is 26.6. The molecule has 2 heterocycles. The van der Waals surface area contributed by atoms with Gasteiger partial charge in [0.05, 0.1) is 11.0 Å². The molecule has 0 saturated heterocycles. The van der Waals surface area contributed by atoms with Crippen molar-refractivity contribution < 1.29 is 23.1 Å². The first-order valence-electron chi connectivity index (χ1n) is 11.8. The van der Waals surface area contributed by atoms with Crippen molar-refractivity contribution in [3.8, 4) is 22.5 Å². The molecule has 0 amide bonds. The maximum atomic E-state index is 10.6. The number of nitrogens with one attached hydrogen (secondary N) is 2. The Bertz CT molecular complexity index is 1450. The molecule has 0 radical (unpaired) electrons. The average molecular weight is 519 g/mol. The maximum absolute atomic E-state index is 10.6. The molecule has 0 spiro atoms. The quantitative estimate of drug-likeness (QED) is 0.221. The highest BCUT2D eigenvalue weighted by Crippen LogP contribution is 2.25. The number of pyridine rings is 1. The van der Waals surface area contributed by atoms with E-state index < -0.39 is 12.1 Å². The SMILES string of the molecule is O=C(O)C(F)(F)F.c1cc(CNCCc2ccncc2)cc(-c2ccc(-c3nc4ccccc4[nH]3)cc2)c1. The number of aromatic amines is 1. The maximum Gasteiger partial charge on any atom is 0.490 e. The van der Waals surface area contributed by atoms with E-state index in [0.717, 1.165) is 41.9 Å². The van der Waals surface area contributed by atoms with E-state index in [-0.39, 0.29) is 0 Å². The minimum absolute atomic E-state index is 0.857. The van der Waals surface area contributed by atoms with Crippen molar-refractivity contribution in [2.75, 3.05) is 6.54 Å². The van der Waals surface area contributed by atoms with Gasteiger partial charge in [0.15, 0.2) is 0 Å². The summed E-state index contributed by atoms with van der Waals surface area (Å²) in [6.07, 6.45) is -0.387. The number of aromatic nitrogens is 3. The molecular formula is C29H25F3N4O2. The van der Waals surface area contributed by atoms with Gasteiger partial charge in [-0.05, 0) is 65.6 Å². The van der Waals surface area contributed by atoms with Crippen LogP contribution in [0.2, 0.25) is 0 Å². The van der Waals surface area contributed by atoms with Crippen LogP contribution in [-0.2, 0) is 17.8 Å². The largest absolute Gasteiger partial charge is 0.490 e. The number of fused-ring (bicyclic) bond motifs is 1. The lowest BCUT2D eigenvalue weighted by Gasteiger charge is -2.08. The minimum Gasteiger partial charge on any atom is -0.475 e. The fourth-order valence-electron chi connectivity index (χ4n) is 3.79. The summed E-state index contributed by atoms with van der Waals surface area (Å²) >= 11 is 0. The fourth-order valence-corrected chi connectivity index (χ4v) is 3.79. The Balaban J connectivity index is 0.000000426. The summed E-state index contributed by atoms with van der Waals surface area (Å²) in [4.78, 5) is 21.1. The van der Waals surface area contributed by atoms with Crippen molar-refractivity contribution >= 4 is 17.0 Å². The topological polar surface area (TPSA) is 90.9 Å². The Morgan fingerprint density at radius 3 is 2.21 bits per heavy atom. The second-order valence-corrected chi connectivity index (χ2v) is 8.47. The van der Waals surface area contributed by atoms with Crippen LogP contribution in [0.3, 0.4) is 0 Å². The van der Waals surface area contributed by atoms with E-state index in [1.165, 1.54) is 22.3 Å². The lowest BCUT2D eigenvalue weighted by molar-refractivity contribution is -0.192. The lowest BCUT2D eigenvalue weighted by Crippen LogP contribution is -2.21. The molecule has 0 aliphatic carbocycles. The van der Waals surface area contributed by atoms with Gasteiger partial charge in [-0.2, -0.15) is 13.2 Å². The summed E-state index contributed by atoms with van der Waals surface area (Å²) in [6.45, 7) is 1.80. The Kier molecular flexibility index (Phi) is 8.50. The number of carbonyl (C=O) groups is 1. The molecule has 0 atom stereocenters. The third-order valence-electron chi connectivity index (χ3n) is 5.72. The number of carboxylic acid groups (broad SMARTS) is 1. The van der Waals surface area contributed by atoms with E-state index in [1.54, 1.807) is 0 Å². The van der Waals surface area contributed by atoms with Gasteiger partial charge in [0.2, 0.25) is 0 Å². The highest BCUT2D eigenvalue weighted by molar-refractivity contribution is 5.79. The number of rotatable bonds is 7. The van der Waals surface area contributed by atoms with Gasteiger partial charge in [0, 0.05) is 24.5 Å². The van der Waals surface area contributed by atoms with Crippen molar-refractivity contribution in [1.29, 1.82) is 0 Å². The molecule has 0 fully saturated rings. The predicted octanol–water partition coefficient (Wildman–Crippen LogP) is 6.26. The number of halogens is 3. The average Bonchev–Trinajstić information content (AvgIpc) is 3.36. The predicted molar refractivity (Wildman–Crippen MR) is 140 cm³/mol. The Hall–Kier alpha value is -4.50. The van der Waals surface area contributed by atoms with Crippen molar-refractivity contribution in [2.24, 2.45) is 0 Å². The summed E-state index contributed by atoms with van der Waals surface area (Å²) in [5, 5.41) is 10.7. The molecule has 5 rings (SSSR count). The van der Waals surface area contributed by atoms with Crippen LogP contribution in [-0.4, -0.2) is 38.7 Å². The van der Waals surface area contributed by atoms with Crippen molar-refractivity contribution in [1.82, 2.24) is 20.3 Å². The first-order chi connectivity index (χ1) is 18.3. The van der Waals surface area contributed by atoms with Crippen LogP contribution in [0.1, 0.15) is 11.1 Å². The van der Waals surface area contributed by atoms with Crippen molar-refractivity contribution in [2.45, 2.75) is 19.1 Å². The number of carboxylic acids is 1. The van der Waals surface area contributed by atoms with Crippen LogP contribution in [0.25, 0.3) is 33.5 Å². The molecule has 5 aromatic rings. The van der Waals surface area contributed by atoms with Crippen LogP contribution >= 0.6 is 0 Å². The van der Waals surface area contributed by atoms with Crippen LogP contribution in [0, 0.1) is 0 Å². The van der Waals surface area contributed by atoms with Crippen LogP contribution < -0.4 is 5.32 Å². The van der Waals surface area contributed by atoms with Gasteiger partial charge in [-0.15, -0.1) is 0 Å². The van der Waals surface area contributed by atoms with Gasteiger partial charge in [0.1, 0.15) is 5.82 Å².